The topological polar surface area (TPSA) is 26.0 Å². The first kappa shape index (κ1) is 9.94. The molecule has 0 atom stereocenters. The molecular weight excluding hydrogens is 214 g/mol. The van der Waals surface area contributed by atoms with Gasteiger partial charge in [-0.1, -0.05) is 36.4 Å². The van der Waals surface area contributed by atoms with Crippen molar-refractivity contribution in [2.45, 2.75) is 16.2 Å². The Morgan fingerprint density at radius 3 is 1.88 bits per heavy atom. The lowest BCUT2D eigenvalue weighted by Crippen LogP contribution is -2.22. The maximum absolute atomic E-state index is 5.95. The first-order valence-electron chi connectivity index (χ1n) is 5.47. The average molecular weight is 228 g/mol. The molecule has 0 saturated heterocycles. The highest BCUT2D eigenvalue weighted by Gasteiger charge is 2.33. The fraction of sp³-hybridized carbons (Fsp3) is 0.143. The van der Waals surface area contributed by atoms with Crippen molar-refractivity contribution >= 4 is 10.9 Å². The Morgan fingerprint density at radius 1 is 0.875 bits per heavy atom. The SMILES string of the molecule is NC[S+]1c2ccccc2Cc2ccccc21. The largest absolute Gasteiger partial charge is 0.288 e. The van der Waals surface area contributed by atoms with Crippen molar-refractivity contribution < 1.29 is 0 Å². The monoisotopic (exact) mass is 228 g/mol. The zero-order chi connectivity index (χ0) is 11.0. The predicted molar refractivity (Wildman–Crippen MR) is 68.6 cm³/mol. The Morgan fingerprint density at radius 2 is 1.38 bits per heavy atom. The molecule has 0 fully saturated rings. The molecule has 0 aliphatic carbocycles. The van der Waals surface area contributed by atoms with Crippen LogP contribution in [0.1, 0.15) is 11.1 Å². The van der Waals surface area contributed by atoms with Gasteiger partial charge >= 0.3 is 0 Å². The third-order valence-electron chi connectivity index (χ3n) is 3.02. The summed E-state index contributed by atoms with van der Waals surface area (Å²) in [6.45, 7) is 0. The maximum Gasteiger partial charge on any atom is 0.168 e. The van der Waals surface area contributed by atoms with E-state index in [0.29, 0.717) is 5.88 Å². The standard InChI is InChI=1S/C14H14NS/c15-10-16-13-7-3-1-5-11(13)9-12-6-2-4-8-14(12)16/h1-8H,9-10,15H2/q+1. The van der Waals surface area contributed by atoms with Crippen LogP contribution in [0.25, 0.3) is 0 Å². The molecule has 0 unspecified atom stereocenters. The molecule has 0 bridgehead atoms. The van der Waals surface area contributed by atoms with E-state index in [9.17, 15) is 0 Å². The molecule has 3 rings (SSSR count). The summed E-state index contributed by atoms with van der Waals surface area (Å²) in [4.78, 5) is 2.87. The lowest BCUT2D eigenvalue weighted by Gasteiger charge is -2.18. The van der Waals surface area contributed by atoms with Crippen molar-refractivity contribution in [2.75, 3.05) is 5.88 Å². The van der Waals surface area contributed by atoms with Crippen LogP contribution in [0.15, 0.2) is 58.3 Å². The zero-order valence-electron chi connectivity index (χ0n) is 9.02. The van der Waals surface area contributed by atoms with Crippen LogP contribution >= 0.6 is 0 Å². The molecule has 1 aliphatic rings. The minimum absolute atomic E-state index is 0.0763. The number of rotatable bonds is 1. The Balaban J connectivity index is 2.19. The molecule has 1 nitrogen and oxygen atoms in total. The molecule has 2 heteroatoms. The van der Waals surface area contributed by atoms with Gasteiger partial charge in [0.05, 0.1) is 10.9 Å². The average Bonchev–Trinajstić information content (AvgIpc) is 2.36. The van der Waals surface area contributed by atoms with E-state index in [1.165, 1.54) is 20.9 Å². The molecule has 0 amide bonds. The molecule has 2 aromatic rings. The molecule has 0 saturated carbocycles. The van der Waals surface area contributed by atoms with Gasteiger partial charge in [0, 0.05) is 17.5 Å². The highest BCUT2D eigenvalue weighted by molar-refractivity contribution is 7.97. The third-order valence-corrected chi connectivity index (χ3v) is 5.22. The normalized spacial score (nSPS) is 14.3. The summed E-state index contributed by atoms with van der Waals surface area (Å²) in [6.07, 6.45) is 1.05. The van der Waals surface area contributed by atoms with Gasteiger partial charge in [-0.2, -0.15) is 0 Å². The second kappa shape index (κ2) is 3.96. The first-order chi connectivity index (χ1) is 7.90. The Bertz CT molecular complexity index is 476. The Kier molecular flexibility index (Phi) is 2.46. The van der Waals surface area contributed by atoms with Gasteiger partial charge in [-0.05, 0) is 12.1 Å². The fourth-order valence-corrected chi connectivity index (χ4v) is 4.28. The minimum Gasteiger partial charge on any atom is -0.288 e. The van der Waals surface area contributed by atoms with Crippen molar-refractivity contribution in [1.29, 1.82) is 0 Å². The predicted octanol–water partition coefficient (Wildman–Crippen LogP) is 2.54. The van der Waals surface area contributed by atoms with E-state index in [2.05, 4.69) is 48.5 Å². The molecule has 2 aromatic carbocycles. The van der Waals surface area contributed by atoms with Gasteiger partial charge in [0.1, 0.15) is 0 Å². The van der Waals surface area contributed by atoms with Crippen molar-refractivity contribution in [3.63, 3.8) is 0 Å². The molecule has 0 radical (unpaired) electrons. The smallest absolute Gasteiger partial charge is 0.168 e. The van der Waals surface area contributed by atoms with Gasteiger partial charge in [-0.3, -0.25) is 5.73 Å². The van der Waals surface area contributed by atoms with Gasteiger partial charge in [0.15, 0.2) is 15.7 Å². The molecule has 2 N–H and O–H groups in total. The van der Waals surface area contributed by atoms with Crippen molar-refractivity contribution in [2.24, 2.45) is 5.73 Å². The summed E-state index contributed by atoms with van der Waals surface area (Å²) in [7, 11) is 0.0763. The molecule has 1 aliphatic heterocycles. The number of hydrogen-bond donors (Lipinski definition) is 1. The summed E-state index contributed by atoms with van der Waals surface area (Å²) in [5, 5.41) is 0. The van der Waals surface area contributed by atoms with E-state index in [4.69, 9.17) is 5.73 Å². The molecule has 0 aromatic heterocycles. The Labute approximate surface area is 98.6 Å². The van der Waals surface area contributed by atoms with Crippen molar-refractivity contribution in [1.82, 2.24) is 0 Å². The number of fused-ring (bicyclic) bond motifs is 2. The summed E-state index contributed by atoms with van der Waals surface area (Å²) in [5.41, 5.74) is 8.82. The third kappa shape index (κ3) is 1.46. The van der Waals surface area contributed by atoms with Gasteiger partial charge in [0.2, 0.25) is 0 Å². The van der Waals surface area contributed by atoms with Gasteiger partial charge in [-0.15, -0.1) is 0 Å². The highest BCUT2D eigenvalue weighted by Crippen LogP contribution is 2.34. The molecular formula is C14H14NS+. The fourth-order valence-electron chi connectivity index (χ4n) is 2.28. The van der Waals surface area contributed by atoms with Crippen LogP contribution < -0.4 is 5.73 Å². The van der Waals surface area contributed by atoms with Crippen LogP contribution in [0.4, 0.5) is 0 Å². The molecule has 0 spiro atoms. The second-order valence-corrected chi connectivity index (χ2v) is 5.94. The summed E-state index contributed by atoms with van der Waals surface area (Å²) in [6, 6.07) is 17.4. The highest BCUT2D eigenvalue weighted by atomic mass is 32.2. The van der Waals surface area contributed by atoms with E-state index in [-0.39, 0.29) is 10.9 Å². The lowest BCUT2D eigenvalue weighted by atomic mass is 10.0. The minimum atomic E-state index is 0.0763. The number of nitrogens with two attached hydrogens (primary N) is 1. The van der Waals surface area contributed by atoms with Crippen molar-refractivity contribution in [3.05, 3.63) is 59.7 Å². The molecule has 16 heavy (non-hydrogen) atoms. The summed E-state index contributed by atoms with van der Waals surface area (Å²) >= 11 is 0. The molecule has 80 valence electrons. The van der Waals surface area contributed by atoms with E-state index in [1.54, 1.807) is 0 Å². The number of hydrogen-bond acceptors (Lipinski definition) is 1. The summed E-state index contributed by atoms with van der Waals surface area (Å²) < 4.78 is 0. The van der Waals surface area contributed by atoms with Gasteiger partial charge in [0.25, 0.3) is 0 Å². The first-order valence-corrected chi connectivity index (χ1v) is 6.86. The summed E-state index contributed by atoms with van der Waals surface area (Å²) in [5.74, 6) is 0.716. The van der Waals surface area contributed by atoms with Gasteiger partial charge in [-0.25, -0.2) is 0 Å². The molecule has 1 heterocycles. The van der Waals surface area contributed by atoms with E-state index in [1.807, 2.05) is 0 Å². The maximum atomic E-state index is 5.95. The van der Waals surface area contributed by atoms with Crippen LogP contribution in [0.5, 0.6) is 0 Å². The Hall–Kier alpha value is -1.25. The van der Waals surface area contributed by atoms with E-state index >= 15 is 0 Å². The van der Waals surface area contributed by atoms with E-state index < -0.39 is 0 Å². The van der Waals surface area contributed by atoms with E-state index in [0.717, 1.165) is 6.42 Å². The van der Waals surface area contributed by atoms with Crippen LogP contribution in [0, 0.1) is 0 Å². The van der Waals surface area contributed by atoms with Crippen molar-refractivity contribution in [3.8, 4) is 0 Å². The van der Waals surface area contributed by atoms with Crippen LogP contribution in [0.2, 0.25) is 0 Å². The quantitative estimate of drug-likeness (QED) is 0.746. The second-order valence-electron chi connectivity index (χ2n) is 3.95. The van der Waals surface area contributed by atoms with Gasteiger partial charge < -0.3 is 0 Å². The van der Waals surface area contributed by atoms with Crippen LogP contribution in [0.3, 0.4) is 0 Å². The van der Waals surface area contributed by atoms with Crippen LogP contribution in [-0.2, 0) is 17.3 Å². The zero-order valence-corrected chi connectivity index (χ0v) is 9.84. The lowest BCUT2D eigenvalue weighted by molar-refractivity contribution is 1.04. The number of benzene rings is 2. The van der Waals surface area contributed by atoms with Crippen LogP contribution in [-0.4, -0.2) is 5.88 Å².